The molecule has 1 aliphatic rings. The highest BCUT2D eigenvalue weighted by molar-refractivity contribution is 6.12. The number of pyridine rings is 1. The lowest BCUT2D eigenvalue weighted by atomic mass is 9.76. The van der Waals surface area contributed by atoms with Gasteiger partial charge in [-0.05, 0) is 85.1 Å². The molecular weight excluding hydrogens is 538 g/mol. The first-order valence-corrected chi connectivity index (χ1v) is 13.6. The van der Waals surface area contributed by atoms with Crippen molar-refractivity contribution in [3.8, 4) is 22.5 Å². The van der Waals surface area contributed by atoms with Gasteiger partial charge >= 0.3 is 0 Å². The number of nitrogens with zero attached hydrogens (tertiary/aromatic N) is 1. The SMILES string of the molecule is CNC(=O)c1c(-c2ccc(F)cc2)oc2ccc(-c3cc(C(=O)CC4(c5ccccn5)COC4)c(C)cc3C)c(F)c12. The van der Waals surface area contributed by atoms with E-state index in [4.69, 9.17) is 9.15 Å². The van der Waals surface area contributed by atoms with Gasteiger partial charge in [-0.25, -0.2) is 8.78 Å². The molecule has 1 aliphatic heterocycles. The molecule has 0 radical (unpaired) electrons. The number of rotatable bonds is 7. The second-order valence-electron chi connectivity index (χ2n) is 10.8. The molecule has 3 aromatic carbocycles. The highest BCUT2D eigenvalue weighted by atomic mass is 19.1. The van der Waals surface area contributed by atoms with Gasteiger partial charge in [0.15, 0.2) is 5.78 Å². The summed E-state index contributed by atoms with van der Waals surface area (Å²) in [6.07, 6.45) is 1.91. The minimum Gasteiger partial charge on any atom is -0.455 e. The van der Waals surface area contributed by atoms with E-state index in [9.17, 15) is 14.0 Å². The number of benzene rings is 3. The summed E-state index contributed by atoms with van der Waals surface area (Å²) in [5, 5.41) is 2.57. The highest BCUT2D eigenvalue weighted by Gasteiger charge is 2.43. The van der Waals surface area contributed by atoms with Crippen LogP contribution in [0.4, 0.5) is 8.78 Å². The Balaban J connectivity index is 1.45. The average Bonchev–Trinajstić information content (AvgIpc) is 3.36. The van der Waals surface area contributed by atoms with Crippen LogP contribution < -0.4 is 5.32 Å². The predicted molar refractivity (Wildman–Crippen MR) is 156 cm³/mol. The van der Waals surface area contributed by atoms with Crippen LogP contribution in [0, 0.1) is 25.5 Å². The van der Waals surface area contributed by atoms with Crippen molar-refractivity contribution in [3.05, 3.63) is 113 Å². The van der Waals surface area contributed by atoms with E-state index in [1.165, 1.54) is 31.3 Å². The van der Waals surface area contributed by atoms with E-state index >= 15 is 4.39 Å². The Morgan fingerprint density at radius 3 is 2.36 bits per heavy atom. The number of ether oxygens (including phenoxy) is 1. The maximum absolute atomic E-state index is 16.5. The minimum absolute atomic E-state index is 0.0137. The van der Waals surface area contributed by atoms with Gasteiger partial charge in [0.25, 0.3) is 5.91 Å². The Bertz CT molecular complexity index is 1840. The number of furan rings is 1. The van der Waals surface area contributed by atoms with Gasteiger partial charge in [0.05, 0.1) is 35.3 Å². The first-order chi connectivity index (χ1) is 20.2. The average molecular weight is 567 g/mol. The van der Waals surface area contributed by atoms with Gasteiger partial charge in [0.2, 0.25) is 0 Å². The first kappa shape index (κ1) is 27.5. The van der Waals surface area contributed by atoms with E-state index in [-0.39, 0.29) is 40.1 Å². The molecule has 0 atom stereocenters. The zero-order valence-electron chi connectivity index (χ0n) is 23.4. The molecule has 1 saturated heterocycles. The molecule has 0 aliphatic carbocycles. The standard InChI is InChI=1S/C34H28F2N2O4/c1-19-14-20(2)25(26(39)16-34(17-41-18-34)28-6-4-5-13-38-28)15-24(19)23-11-12-27-29(31(23)36)30(33(40)37-3)32(42-27)21-7-9-22(35)10-8-21/h4-15H,16-18H2,1-3H3,(H,37,40). The maximum Gasteiger partial charge on any atom is 0.255 e. The van der Waals surface area contributed by atoms with Gasteiger partial charge in [0, 0.05) is 36.4 Å². The maximum atomic E-state index is 16.5. The number of fused-ring (bicyclic) bond motifs is 1. The van der Waals surface area contributed by atoms with Gasteiger partial charge in [-0.15, -0.1) is 0 Å². The van der Waals surface area contributed by atoms with Crippen LogP contribution >= 0.6 is 0 Å². The second kappa shape index (κ2) is 10.6. The lowest BCUT2D eigenvalue weighted by Gasteiger charge is -2.40. The molecule has 6 nitrogen and oxygen atoms in total. The molecule has 0 spiro atoms. The molecular formula is C34H28F2N2O4. The summed E-state index contributed by atoms with van der Waals surface area (Å²) in [7, 11) is 1.45. The summed E-state index contributed by atoms with van der Waals surface area (Å²) in [6.45, 7) is 4.52. The number of aryl methyl sites for hydroxylation is 2. The van der Waals surface area contributed by atoms with Gasteiger partial charge < -0.3 is 14.5 Å². The van der Waals surface area contributed by atoms with Crippen molar-refractivity contribution in [1.82, 2.24) is 10.3 Å². The Hall–Kier alpha value is -4.69. The van der Waals surface area contributed by atoms with Crippen LogP contribution in [0.5, 0.6) is 0 Å². The number of carbonyl (C=O) groups excluding carboxylic acids is 2. The van der Waals surface area contributed by atoms with E-state index in [1.54, 1.807) is 24.4 Å². The van der Waals surface area contributed by atoms with E-state index in [2.05, 4.69) is 10.3 Å². The first-order valence-electron chi connectivity index (χ1n) is 13.6. The third-order valence-corrected chi connectivity index (χ3v) is 7.98. The fraction of sp³-hybridized carbons (Fsp3) is 0.206. The molecule has 3 heterocycles. The molecule has 1 fully saturated rings. The largest absolute Gasteiger partial charge is 0.455 e. The molecule has 2 aromatic heterocycles. The second-order valence-corrected chi connectivity index (χ2v) is 10.8. The number of hydrogen-bond acceptors (Lipinski definition) is 5. The van der Waals surface area contributed by atoms with Crippen LogP contribution in [-0.4, -0.2) is 36.9 Å². The number of halogens is 2. The normalized spacial score (nSPS) is 14.0. The molecule has 5 aromatic rings. The smallest absolute Gasteiger partial charge is 0.255 e. The Morgan fingerprint density at radius 1 is 0.952 bits per heavy atom. The Morgan fingerprint density at radius 2 is 1.71 bits per heavy atom. The molecule has 6 rings (SSSR count). The number of hydrogen-bond donors (Lipinski definition) is 1. The van der Waals surface area contributed by atoms with Crippen molar-refractivity contribution in [2.24, 2.45) is 0 Å². The highest BCUT2D eigenvalue weighted by Crippen LogP contribution is 2.41. The molecule has 0 bridgehead atoms. The van der Waals surface area contributed by atoms with E-state index in [1.807, 2.05) is 38.1 Å². The quantitative estimate of drug-likeness (QED) is 0.216. The van der Waals surface area contributed by atoms with Crippen molar-refractivity contribution >= 4 is 22.7 Å². The van der Waals surface area contributed by atoms with Crippen LogP contribution in [0.1, 0.15) is 44.0 Å². The summed E-state index contributed by atoms with van der Waals surface area (Å²) in [4.78, 5) is 31.2. The van der Waals surface area contributed by atoms with E-state index in [0.717, 1.165) is 16.8 Å². The van der Waals surface area contributed by atoms with Crippen molar-refractivity contribution in [2.75, 3.05) is 20.3 Å². The lowest BCUT2D eigenvalue weighted by molar-refractivity contribution is -0.0621. The Kier molecular flexibility index (Phi) is 6.94. The number of Topliss-reactive ketones (excluding diaryl/α,β-unsaturated/α-hetero) is 1. The zero-order valence-corrected chi connectivity index (χ0v) is 23.4. The molecule has 8 heteroatoms. The zero-order chi connectivity index (χ0) is 29.6. The monoisotopic (exact) mass is 566 g/mol. The molecule has 42 heavy (non-hydrogen) atoms. The summed E-state index contributed by atoms with van der Waals surface area (Å²) in [6, 6.07) is 17.9. The number of nitrogens with one attached hydrogen (secondary N) is 1. The number of aromatic nitrogens is 1. The third kappa shape index (κ3) is 4.58. The number of carbonyl (C=O) groups is 2. The molecule has 1 amide bonds. The summed E-state index contributed by atoms with van der Waals surface area (Å²) in [5.74, 6) is -1.58. The van der Waals surface area contributed by atoms with E-state index < -0.39 is 23.0 Å². The molecule has 0 unspecified atom stereocenters. The van der Waals surface area contributed by atoms with Crippen LogP contribution in [0.2, 0.25) is 0 Å². The van der Waals surface area contributed by atoms with Crippen molar-refractivity contribution in [2.45, 2.75) is 25.7 Å². The summed E-state index contributed by atoms with van der Waals surface area (Å²) in [5.41, 5.74) is 3.75. The van der Waals surface area contributed by atoms with Crippen LogP contribution in [0.15, 0.2) is 77.3 Å². The molecule has 212 valence electrons. The van der Waals surface area contributed by atoms with Gasteiger partial charge in [-0.2, -0.15) is 0 Å². The topological polar surface area (TPSA) is 81.4 Å². The van der Waals surface area contributed by atoms with Gasteiger partial charge in [-0.1, -0.05) is 12.1 Å². The van der Waals surface area contributed by atoms with Crippen molar-refractivity contribution in [1.29, 1.82) is 0 Å². The number of amides is 1. The third-order valence-electron chi connectivity index (χ3n) is 7.98. The van der Waals surface area contributed by atoms with E-state index in [0.29, 0.717) is 29.9 Å². The van der Waals surface area contributed by atoms with Crippen molar-refractivity contribution in [3.63, 3.8) is 0 Å². The summed E-state index contributed by atoms with van der Waals surface area (Å²) >= 11 is 0. The lowest BCUT2D eigenvalue weighted by Crippen LogP contribution is -2.48. The van der Waals surface area contributed by atoms with Gasteiger partial charge in [-0.3, -0.25) is 14.6 Å². The predicted octanol–water partition coefficient (Wildman–Crippen LogP) is 6.96. The fourth-order valence-corrected chi connectivity index (χ4v) is 5.72. The Labute approximate surface area is 241 Å². The van der Waals surface area contributed by atoms with Crippen molar-refractivity contribution < 1.29 is 27.5 Å². The van der Waals surface area contributed by atoms with Gasteiger partial charge in [0.1, 0.15) is 23.0 Å². The van der Waals surface area contributed by atoms with Crippen LogP contribution in [-0.2, 0) is 10.2 Å². The number of ketones is 1. The molecule has 1 N–H and O–H groups in total. The molecule has 0 saturated carbocycles. The fourth-order valence-electron chi connectivity index (χ4n) is 5.72. The minimum atomic E-state index is -0.647. The summed E-state index contributed by atoms with van der Waals surface area (Å²) < 4.78 is 41.5. The van der Waals surface area contributed by atoms with Crippen LogP contribution in [0.3, 0.4) is 0 Å². The van der Waals surface area contributed by atoms with Crippen LogP contribution in [0.25, 0.3) is 33.4 Å².